The van der Waals surface area contributed by atoms with E-state index in [-0.39, 0.29) is 18.1 Å². The van der Waals surface area contributed by atoms with Crippen molar-refractivity contribution < 1.29 is 28.6 Å². The smallest absolute Gasteiger partial charge is 0.326 e. The Balaban J connectivity index is 1.79. The number of hydrogen-bond acceptors (Lipinski definition) is 8. The third-order valence-corrected chi connectivity index (χ3v) is 5.81. The minimum absolute atomic E-state index is 0.178. The molecule has 0 bridgehead atoms. The molecule has 1 aromatic carbocycles. The summed E-state index contributed by atoms with van der Waals surface area (Å²) in [6.07, 6.45) is 3.28. The lowest BCUT2D eigenvalue weighted by Crippen LogP contribution is -2.34. The molecule has 162 valence electrons. The van der Waals surface area contributed by atoms with Crippen molar-refractivity contribution in [2.45, 2.75) is 13.5 Å². The van der Waals surface area contributed by atoms with Crippen LogP contribution in [0.1, 0.15) is 18.2 Å². The van der Waals surface area contributed by atoms with Crippen molar-refractivity contribution >= 4 is 57.5 Å². The van der Waals surface area contributed by atoms with Gasteiger partial charge in [-0.05, 0) is 77.2 Å². The lowest BCUT2D eigenvalue weighted by atomic mass is 10.2. The quantitative estimate of drug-likeness (QED) is 0.276. The van der Waals surface area contributed by atoms with E-state index in [1.165, 1.54) is 7.11 Å². The number of thioether (sulfide) groups is 1. The molecular weight excluding hydrogens is 535 g/mol. The van der Waals surface area contributed by atoms with Crippen LogP contribution in [0.5, 0.6) is 11.5 Å². The maximum absolute atomic E-state index is 12.6. The van der Waals surface area contributed by atoms with E-state index in [2.05, 4.69) is 27.6 Å². The number of imide groups is 1. The molecule has 0 spiro atoms. The Morgan fingerprint density at radius 2 is 2.10 bits per heavy atom. The van der Waals surface area contributed by atoms with Gasteiger partial charge in [-0.25, -0.2) is 0 Å². The molecule has 31 heavy (non-hydrogen) atoms. The zero-order chi connectivity index (χ0) is 22.4. The average molecular weight is 554 g/mol. The maximum Gasteiger partial charge on any atom is 0.326 e. The largest absolute Gasteiger partial charge is 0.493 e. The number of pyridine rings is 1. The molecule has 1 aromatic heterocycles. The molecule has 2 heterocycles. The van der Waals surface area contributed by atoms with Crippen LogP contribution in [-0.4, -0.2) is 47.3 Å². The SMILES string of the molecule is CCOC(=O)CN1C(=O)S/C(=C\c2cc(I)c(OCc3ccccn3)c(OC)c2)C1=O. The molecule has 0 unspecified atom stereocenters. The second kappa shape index (κ2) is 10.6. The summed E-state index contributed by atoms with van der Waals surface area (Å²) < 4.78 is 16.9. The Kier molecular flexibility index (Phi) is 7.91. The van der Waals surface area contributed by atoms with Crippen LogP contribution >= 0.6 is 34.4 Å². The number of benzene rings is 1. The van der Waals surface area contributed by atoms with Crippen molar-refractivity contribution in [3.63, 3.8) is 0 Å². The van der Waals surface area contributed by atoms with E-state index >= 15 is 0 Å². The fourth-order valence-corrected chi connectivity index (χ4v) is 4.34. The van der Waals surface area contributed by atoms with Gasteiger partial charge in [-0.1, -0.05) is 6.07 Å². The summed E-state index contributed by atoms with van der Waals surface area (Å²) in [5.74, 6) is -0.120. The maximum atomic E-state index is 12.6. The third-order valence-electron chi connectivity index (χ3n) is 4.11. The molecule has 0 saturated carbocycles. The summed E-state index contributed by atoms with van der Waals surface area (Å²) in [6.45, 7) is 1.71. The number of halogens is 1. The number of amides is 2. The predicted octanol–water partition coefficient (Wildman–Crippen LogP) is 3.87. The van der Waals surface area contributed by atoms with Crippen molar-refractivity contribution in [1.29, 1.82) is 0 Å². The van der Waals surface area contributed by atoms with Crippen molar-refractivity contribution in [2.75, 3.05) is 20.3 Å². The number of aromatic nitrogens is 1. The Bertz CT molecular complexity index is 1030. The predicted molar refractivity (Wildman–Crippen MR) is 124 cm³/mol. The summed E-state index contributed by atoms with van der Waals surface area (Å²) in [5.41, 5.74) is 1.44. The zero-order valence-electron chi connectivity index (χ0n) is 16.8. The second-order valence-corrected chi connectivity index (χ2v) is 8.37. The first kappa shape index (κ1) is 23.1. The minimum Gasteiger partial charge on any atom is -0.493 e. The van der Waals surface area contributed by atoms with Gasteiger partial charge in [0.15, 0.2) is 11.5 Å². The highest BCUT2D eigenvalue weighted by molar-refractivity contribution is 14.1. The van der Waals surface area contributed by atoms with Gasteiger partial charge >= 0.3 is 5.97 Å². The molecule has 3 rings (SSSR count). The highest BCUT2D eigenvalue weighted by Gasteiger charge is 2.36. The van der Waals surface area contributed by atoms with Gasteiger partial charge in [0.05, 0.1) is 27.9 Å². The molecule has 0 N–H and O–H groups in total. The van der Waals surface area contributed by atoms with Crippen LogP contribution in [0.25, 0.3) is 6.08 Å². The molecule has 10 heteroatoms. The minimum atomic E-state index is -0.628. The number of carbonyl (C=O) groups is 3. The van der Waals surface area contributed by atoms with E-state index in [1.54, 1.807) is 25.3 Å². The molecule has 2 aromatic rings. The van der Waals surface area contributed by atoms with Gasteiger partial charge in [-0.2, -0.15) is 0 Å². The molecule has 8 nitrogen and oxygen atoms in total. The van der Waals surface area contributed by atoms with Gasteiger partial charge in [-0.3, -0.25) is 24.3 Å². The van der Waals surface area contributed by atoms with Gasteiger partial charge in [0.25, 0.3) is 11.1 Å². The van der Waals surface area contributed by atoms with E-state index in [0.717, 1.165) is 25.9 Å². The topological polar surface area (TPSA) is 95.0 Å². The van der Waals surface area contributed by atoms with Crippen LogP contribution in [0.15, 0.2) is 41.4 Å². The monoisotopic (exact) mass is 554 g/mol. The Labute approximate surface area is 197 Å². The first-order valence-electron chi connectivity index (χ1n) is 9.24. The van der Waals surface area contributed by atoms with Crippen molar-refractivity contribution in [3.8, 4) is 11.5 Å². The molecule has 1 aliphatic rings. The lowest BCUT2D eigenvalue weighted by molar-refractivity contribution is -0.145. The van der Waals surface area contributed by atoms with Crippen molar-refractivity contribution in [2.24, 2.45) is 0 Å². The fraction of sp³-hybridized carbons (Fsp3) is 0.238. The average Bonchev–Trinajstić information content (AvgIpc) is 3.00. The van der Waals surface area contributed by atoms with E-state index in [4.69, 9.17) is 14.2 Å². The number of methoxy groups -OCH3 is 1. The number of hydrogen-bond donors (Lipinski definition) is 0. The first-order valence-corrected chi connectivity index (χ1v) is 11.1. The number of carbonyl (C=O) groups excluding carboxylic acids is 3. The molecule has 0 atom stereocenters. The summed E-state index contributed by atoms with van der Waals surface area (Å²) in [6, 6.07) is 9.11. The van der Waals surface area contributed by atoms with Gasteiger partial charge in [0, 0.05) is 6.20 Å². The van der Waals surface area contributed by atoms with Crippen LogP contribution in [0.4, 0.5) is 4.79 Å². The second-order valence-electron chi connectivity index (χ2n) is 6.22. The zero-order valence-corrected chi connectivity index (χ0v) is 19.8. The molecule has 0 radical (unpaired) electrons. The standard InChI is InChI=1S/C21H19IN2O6S/c1-3-29-18(25)11-24-20(26)17(31-21(24)27)10-13-8-15(22)19(16(9-13)28-2)30-12-14-6-4-5-7-23-14/h4-10H,3,11-12H2,1-2H3/b17-10-. The van der Waals surface area contributed by atoms with Gasteiger partial charge in [0.1, 0.15) is 13.2 Å². The van der Waals surface area contributed by atoms with E-state index in [0.29, 0.717) is 17.1 Å². The van der Waals surface area contributed by atoms with Crippen LogP contribution in [0.2, 0.25) is 0 Å². The molecule has 0 aliphatic carbocycles. The molecule has 1 fully saturated rings. The van der Waals surface area contributed by atoms with Crippen LogP contribution in [-0.2, 0) is 20.9 Å². The Hall–Kier alpha value is -2.60. The Morgan fingerprint density at radius 3 is 2.77 bits per heavy atom. The normalized spacial score (nSPS) is 14.8. The first-order chi connectivity index (χ1) is 14.9. The highest BCUT2D eigenvalue weighted by atomic mass is 127. The third kappa shape index (κ3) is 5.76. The van der Waals surface area contributed by atoms with Crippen molar-refractivity contribution in [1.82, 2.24) is 9.88 Å². The summed E-state index contributed by atoms with van der Waals surface area (Å²) >= 11 is 2.89. The summed E-state index contributed by atoms with van der Waals surface area (Å²) in [7, 11) is 1.52. The van der Waals surface area contributed by atoms with Crippen LogP contribution in [0, 0.1) is 3.57 Å². The fourth-order valence-electron chi connectivity index (χ4n) is 2.72. The van der Waals surface area contributed by atoms with E-state index in [9.17, 15) is 14.4 Å². The van der Waals surface area contributed by atoms with Gasteiger partial charge in [-0.15, -0.1) is 0 Å². The van der Waals surface area contributed by atoms with Crippen LogP contribution < -0.4 is 9.47 Å². The van der Waals surface area contributed by atoms with Gasteiger partial charge < -0.3 is 14.2 Å². The summed E-state index contributed by atoms with van der Waals surface area (Å²) in [4.78, 5) is 41.7. The number of esters is 1. The summed E-state index contributed by atoms with van der Waals surface area (Å²) in [5, 5.41) is -0.513. The number of nitrogens with zero attached hydrogens (tertiary/aromatic N) is 2. The lowest BCUT2D eigenvalue weighted by Gasteiger charge is -2.13. The van der Waals surface area contributed by atoms with E-state index in [1.807, 2.05) is 24.3 Å². The van der Waals surface area contributed by atoms with Gasteiger partial charge in [0.2, 0.25) is 0 Å². The highest BCUT2D eigenvalue weighted by Crippen LogP contribution is 2.37. The Morgan fingerprint density at radius 1 is 1.29 bits per heavy atom. The van der Waals surface area contributed by atoms with Crippen molar-refractivity contribution in [3.05, 3.63) is 56.3 Å². The van der Waals surface area contributed by atoms with E-state index < -0.39 is 23.7 Å². The molecule has 1 aliphatic heterocycles. The number of rotatable bonds is 8. The molecular formula is C21H19IN2O6S. The number of ether oxygens (including phenoxy) is 3. The molecule has 2 amide bonds. The van der Waals surface area contributed by atoms with Crippen LogP contribution in [0.3, 0.4) is 0 Å². The molecule has 1 saturated heterocycles.